The fourth-order valence-electron chi connectivity index (χ4n) is 3.80. The first-order valence-electron chi connectivity index (χ1n) is 10.7. The molecule has 32 heavy (non-hydrogen) atoms. The summed E-state index contributed by atoms with van der Waals surface area (Å²) in [5.41, 5.74) is 5.88. The molecule has 6 nitrogen and oxygen atoms in total. The van der Waals surface area contributed by atoms with E-state index in [1.54, 1.807) is 19.2 Å². The number of fused-ring (bicyclic) bond motifs is 1. The van der Waals surface area contributed by atoms with Crippen molar-refractivity contribution in [3.8, 4) is 22.4 Å². The number of nitrogens with zero attached hydrogens (tertiary/aromatic N) is 3. The monoisotopic (exact) mass is 449 g/mol. The van der Waals surface area contributed by atoms with Crippen LogP contribution in [-0.4, -0.2) is 35.8 Å². The van der Waals surface area contributed by atoms with Gasteiger partial charge in [0.1, 0.15) is 16.7 Å². The Bertz CT molecular complexity index is 1170. The minimum Gasteiger partial charge on any atom is -0.461 e. The Morgan fingerprint density at radius 3 is 2.53 bits per heavy atom. The first-order valence-corrected chi connectivity index (χ1v) is 11.8. The van der Waals surface area contributed by atoms with Crippen molar-refractivity contribution in [3.63, 3.8) is 0 Å². The van der Waals surface area contributed by atoms with E-state index in [9.17, 15) is 9.00 Å². The van der Waals surface area contributed by atoms with E-state index in [-0.39, 0.29) is 17.0 Å². The molecule has 2 aromatic heterocycles. The largest absolute Gasteiger partial charge is 0.461 e. The van der Waals surface area contributed by atoms with Crippen LogP contribution in [0.3, 0.4) is 0 Å². The highest BCUT2D eigenvalue weighted by Crippen LogP contribution is 2.36. The molecule has 0 saturated heterocycles. The van der Waals surface area contributed by atoms with Crippen molar-refractivity contribution < 1.29 is 13.7 Å². The third kappa shape index (κ3) is 4.49. The SMILES string of the molecule is CCOC(=O)c1cc2c(c(-c3cccc(-c4cccnc4)c3)n1)CN([S@@](=O)C(C)(C)C)C2. The number of pyridine rings is 2. The number of hydrogen-bond acceptors (Lipinski definition) is 5. The lowest BCUT2D eigenvalue weighted by molar-refractivity contribution is 0.0519. The number of aromatic nitrogens is 2. The maximum atomic E-state index is 13.1. The highest BCUT2D eigenvalue weighted by atomic mass is 32.2. The Kier molecular flexibility index (Phi) is 6.22. The van der Waals surface area contributed by atoms with Gasteiger partial charge in [0, 0.05) is 36.6 Å². The maximum Gasteiger partial charge on any atom is 0.356 e. The van der Waals surface area contributed by atoms with E-state index in [1.165, 1.54) is 0 Å². The normalized spacial score (nSPS) is 14.8. The van der Waals surface area contributed by atoms with Gasteiger partial charge in [0.2, 0.25) is 0 Å². The van der Waals surface area contributed by atoms with Gasteiger partial charge in [-0.3, -0.25) is 4.98 Å². The van der Waals surface area contributed by atoms with E-state index in [0.717, 1.165) is 33.5 Å². The molecule has 3 heterocycles. The van der Waals surface area contributed by atoms with Crippen LogP contribution in [-0.2, 0) is 28.8 Å². The van der Waals surface area contributed by atoms with Gasteiger partial charge in [0.05, 0.1) is 17.0 Å². The van der Waals surface area contributed by atoms with Crippen LogP contribution < -0.4 is 0 Å². The quantitative estimate of drug-likeness (QED) is 0.525. The molecule has 1 atom stereocenters. The molecular formula is C25H27N3O3S. The van der Waals surface area contributed by atoms with Gasteiger partial charge in [0.15, 0.2) is 0 Å². The zero-order valence-electron chi connectivity index (χ0n) is 18.8. The summed E-state index contributed by atoms with van der Waals surface area (Å²) >= 11 is 0. The highest BCUT2D eigenvalue weighted by Gasteiger charge is 2.33. The van der Waals surface area contributed by atoms with Crippen molar-refractivity contribution in [1.82, 2.24) is 14.3 Å². The number of carbonyl (C=O) groups is 1. The number of hydrogen-bond donors (Lipinski definition) is 0. The standard InChI is InChI=1S/C25H27N3O3S/c1-5-31-24(29)22-13-20-15-28(32(30)25(2,3)4)16-21(20)23(27-22)18-9-6-8-17(12-18)19-10-7-11-26-14-19/h6-14H,5,15-16H2,1-4H3/t32-/m0/s1. The summed E-state index contributed by atoms with van der Waals surface area (Å²) in [6.45, 7) is 8.97. The molecule has 1 aromatic carbocycles. The molecule has 4 rings (SSSR count). The second-order valence-corrected chi connectivity index (χ2v) is 10.9. The first-order chi connectivity index (χ1) is 15.3. The van der Waals surface area contributed by atoms with Crippen molar-refractivity contribution in [1.29, 1.82) is 0 Å². The average Bonchev–Trinajstić information content (AvgIpc) is 3.22. The summed E-state index contributed by atoms with van der Waals surface area (Å²) in [4.78, 5) is 21.4. The Labute approximate surface area is 191 Å². The van der Waals surface area contributed by atoms with Crippen molar-refractivity contribution in [2.75, 3.05) is 6.61 Å². The lowest BCUT2D eigenvalue weighted by atomic mass is 9.98. The summed E-state index contributed by atoms with van der Waals surface area (Å²) < 4.78 is 19.8. The van der Waals surface area contributed by atoms with E-state index in [2.05, 4.69) is 11.1 Å². The number of carbonyl (C=O) groups excluding carboxylic acids is 1. The smallest absolute Gasteiger partial charge is 0.356 e. The lowest BCUT2D eigenvalue weighted by Gasteiger charge is -2.24. The fourth-order valence-corrected chi connectivity index (χ4v) is 5.07. The van der Waals surface area contributed by atoms with Crippen molar-refractivity contribution in [3.05, 3.63) is 71.7 Å². The van der Waals surface area contributed by atoms with Crippen LogP contribution in [0.5, 0.6) is 0 Å². The molecule has 0 N–H and O–H groups in total. The Balaban J connectivity index is 1.81. The Hall–Kier alpha value is -2.90. The number of esters is 1. The maximum absolute atomic E-state index is 13.1. The van der Waals surface area contributed by atoms with Crippen LogP contribution in [0.4, 0.5) is 0 Å². The molecule has 0 fully saturated rings. The molecule has 1 aliphatic rings. The molecule has 0 radical (unpaired) electrons. The third-order valence-electron chi connectivity index (χ3n) is 5.27. The second-order valence-electron chi connectivity index (χ2n) is 8.70. The lowest BCUT2D eigenvalue weighted by Crippen LogP contribution is -2.34. The predicted octanol–water partition coefficient (Wildman–Crippen LogP) is 4.77. The fraction of sp³-hybridized carbons (Fsp3) is 0.320. The minimum absolute atomic E-state index is 0.274. The molecule has 3 aromatic rings. The van der Waals surface area contributed by atoms with Gasteiger partial charge in [-0.05, 0) is 62.6 Å². The van der Waals surface area contributed by atoms with Gasteiger partial charge < -0.3 is 4.74 Å². The van der Waals surface area contributed by atoms with E-state index >= 15 is 0 Å². The average molecular weight is 450 g/mol. The molecule has 0 unspecified atom stereocenters. The summed E-state index contributed by atoms with van der Waals surface area (Å²) in [6, 6.07) is 13.7. The van der Waals surface area contributed by atoms with Crippen LogP contribution in [0, 0.1) is 0 Å². The summed E-state index contributed by atoms with van der Waals surface area (Å²) in [5.74, 6) is -0.449. The molecule has 0 amide bonds. The van der Waals surface area contributed by atoms with Crippen molar-refractivity contribution >= 4 is 17.0 Å². The molecule has 0 aliphatic carbocycles. The van der Waals surface area contributed by atoms with Crippen LogP contribution in [0.2, 0.25) is 0 Å². The van der Waals surface area contributed by atoms with Gasteiger partial charge in [-0.25, -0.2) is 18.3 Å². The second kappa shape index (κ2) is 8.92. The van der Waals surface area contributed by atoms with E-state index in [4.69, 9.17) is 9.72 Å². The van der Waals surface area contributed by atoms with Crippen LogP contribution in [0.1, 0.15) is 49.3 Å². The van der Waals surface area contributed by atoms with Gasteiger partial charge in [-0.15, -0.1) is 0 Å². The molecule has 0 bridgehead atoms. The minimum atomic E-state index is -1.18. The first kappa shape index (κ1) is 22.3. The van der Waals surface area contributed by atoms with Crippen molar-refractivity contribution in [2.45, 2.75) is 45.5 Å². The molecule has 0 spiro atoms. The zero-order valence-corrected chi connectivity index (χ0v) is 19.6. The molecule has 0 saturated carbocycles. The van der Waals surface area contributed by atoms with Crippen molar-refractivity contribution in [2.24, 2.45) is 0 Å². The molecular weight excluding hydrogens is 422 g/mol. The number of benzene rings is 1. The Morgan fingerprint density at radius 1 is 1.09 bits per heavy atom. The van der Waals surface area contributed by atoms with Crippen LogP contribution in [0.25, 0.3) is 22.4 Å². The summed E-state index contributed by atoms with van der Waals surface area (Å²) in [6.07, 6.45) is 3.56. The van der Waals surface area contributed by atoms with E-state index in [0.29, 0.717) is 13.1 Å². The number of rotatable bonds is 5. The van der Waals surface area contributed by atoms with Crippen LogP contribution in [0.15, 0.2) is 54.9 Å². The van der Waals surface area contributed by atoms with Gasteiger partial charge in [0.25, 0.3) is 0 Å². The third-order valence-corrected chi connectivity index (χ3v) is 7.05. The molecule has 7 heteroatoms. The summed E-state index contributed by atoms with van der Waals surface area (Å²) in [5, 5.41) is 0. The zero-order chi connectivity index (χ0) is 22.9. The van der Waals surface area contributed by atoms with Gasteiger partial charge in [-0.2, -0.15) is 0 Å². The highest BCUT2D eigenvalue weighted by molar-refractivity contribution is 7.84. The van der Waals surface area contributed by atoms with E-state index < -0.39 is 17.0 Å². The van der Waals surface area contributed by atoms with Crippen LogP contribution >= 0.6 is 0 Å². The predicted molar refractivity (Wildman–Crippen MR) is 126 cm³/mol. The topological polar surface area (TPSA) is 72.4 Å². The Morgan fingerprint density at radius 2 is 1.84 bits per heavy atom. The molecule has 166 valence electrons. The summed E-state index contributed by atoms with van der Waals surface area (Å²) in [7, 11) is -1.18. The van der Waals surface area contributed by atoms with Gasteiger partial charge >= 0.3 is 5.97 Å². The molecule has 1 aliphatic heterocycles. The van der Waals surface area contributed by atoms with E-state index in [1.807, 2.05) is 61.6 Å². The van der Waals surface area contributed by atoms with Gasteiger partial charge in [-0.1, -0.05) is 24.3 Å². The number of ether oxygens (including phenoxy) is 1.